The standard InChI is InChI=1S/C15H28N2O2/c1-11(2)12-3-4-15(18)17(7-5-12)9-14(16)13-6-8-19-10-13/h11-14H,3-10,16H2,1-2H3. The fourth-order valence-corrected chi connectivity index (χ4v) is 3.21. The summed E-state index contributed by atoms with van der Waals surface area (Å²) in [5, 5.41) is 0. The Morgan fingerprint density at radius 2 is 2.11 bits per heavy atom. The maximum atomic E-state index is 12.2. The van der Waals surface area contributed by atoms with Crippen molar-refractivity contribution < 1.29 is 9.53 Å². The SMILES string of the molecule is CC(C)C1CCC(=O)N(CC(N)C2CCOC2)CC1. The van der Waals surface area contributed by atoms with Crippen LogP contribution in [-0.4, -0.2) is 43.2 Å². The van der Waals surface area contributed by atoms with Gasteiger partial charge in [0.25, 0.3) is 0 Å². The summed E-state index contributed by atoms with van der Waals surface area (Å²) < 4.78 is 5.38. The van der Waals surface area contributed by atoms with Gasteiger partial charge in [0.2, 0.25) is 5.91 Å². The lowest BCUT2D eigenvalue weighted by Crippen LogP contribution is -2.45. The minimum Gasteiger partial charge on any atom is -0.381 e. The van der Waals surface area contributed by atoms with Crippen LogP contribution in [0, 0.1) is 17.8 Å². The molecule has 3 atom stereocenters. The minimum absolute atomic E-state index is 0.0713. The maximum Gasteiger partial charge on any atom is 0.222 e. The zero-order valence-electron chi connectivity index (χ0n) is 12.3. The van der Waals surface area contributed by atoms with Crippen molar-refractivity contribution in [3.63, 3.8) is 0 Å². The average Bonchev–Trinajstić information content (AvgIpc) is 2.84. The Kier molecular flexibility index (Phi) is 5.22. The molecular weight excluding hydrogens is 240 g/mol. The first-order valence-corrected chi connectivity index (χ1v) is 7.69. The molecule has 0 saturated carbocycles. The van der Waals surface area contributed by atoms with Crippen LogP contribution in [0.4, 0.5) is 0 Å². The van der Waals surface area contributed by atoms with Crippen molar-refractivity contribution >= 4 is 5.91 Å². The number of amides is 1. The average molecular weight is 268 g/mol. The van der Waals surface area contributed by atoms with Gasteiger partial charge in [-0.05, 0) is 31.1 Å². The van der Waals surface area contributed by atoms with Crippen LogP contribution in [-0.2, 0) is 9.53 Å². The fourth-order valence-electron chi connectivity index (χ4n) is 3.21. The first-order valence-electron chi connectivity index (χ1n) is 7.69. The second-order valence-electron chi connectivity index (χ2n) is 6.46. The smallest absolute Gasteiger partial charge is 0.222 e. The van der Waals surface area contributed by atoms with E-state index in [0.29, 0.717) is 30.7 Å². The predicted molar refractivity (Wildman–Crippen MR) is 75.7 cm³/mol. The molecule has 2 N–H and O–H groups in total. The molecule has 0 aromatic heterocycles. The molecule has 2 aliphatic heterocycles. The van der Waals surface area contributed by atoms with E-state index in [0.717, 1.165) is 39.0 Å². The van der Waals surface area contributed by atoms with Crippen molar-refractivity contribution in [1.82, 2.24) is 4.90 Å². The van der Waals surface area contributed by atoms with Gasteiger partial charge in [-0.15, -0.1) is 0 Å². The third-order valence-electron chi connectivity index (χ3n) is 4.80. The topological polar surface area (TPSA) is 55.6 Å². The Morgan fingerprint density at radius 3 is 2.74 bits per heavy atom. The number of likely N-dealkylation sites (tertiary alicyclic amines) is 1. The molecule has 4 nitrogen and oxygen atoms in total. The molecule has 0 spiro atoms. The fraction of sp³-hybridized carbons (Fsp3) is 0.933. The number of nitrogens with two attached hydrogens (primary N) is 1. The highest BCUT2D eigenvalue weighted by Gasteiger charge is 2.29. The molecule has 2 aliphatic rings. The quantitative estimate of drug-likeness (QED) is 0.843. The third-order valence-corrected chi connectivity index (χ3v) is 4.80. The largest absolute Gasteiger partial charge is 0.381 e. The Morgan fingerprint density at radius 1 is 1.32 bits per heavy atom. The zero-order valence-corrected chi connectivity index (χ0v) is 12.3. The molecule has 0 aromatic rings. The third kappa shape index (κ3) is 3.93. The monoisotopic (exact) mass is 268 g/mol. The summed E-state index contributed by atoms with van der Waals surface area (Å²) in [6.07, 6.45) is 3.89. The lowest BCUT2D eigenvalue weighted by molar-refractivity contribution is -0.131. The summed E-state index contributed by atoms with van der Waals surface area (Å²) in [5.74, 6) is 2.07. The number of rotatable bonds is 4. The van der Waals surface area contributed by atoms with Crippen LogP contribution in [0.5, 0.6) is 0 Å². The Balaban J connectivity index is 1.86. The molecule has 0 bridgehead atoms. The first kappa shape index (κ1) is 14.8. The van der Waals surface area contributed by atoms with Gasteiger partial charge in [0.05, 0.1) is 6.61 Å². The molecule has 1 amide bonds. The van der Waals surface area contributed by atoms with E-state index < -0.39 is 0 Å². The molecule has 4 heteroatoms. The number of ether oxygens (including phenoxy) is 1. The van der Waals surface area contributed by atoms with E-state index in [9.17, 15) is 4.79 Å². The van der Waals surface area contributed by atoms with Gasteiger partial charge in [-0.25, -0.2) is 0 Å². The van der Waals surface area contributed by atoms with E-state index in [2.05, 4.69) is 13.8 Å². The number of nitrogens with zero attached hydrogens (tertiary/aromatic N) is 1. The summed E-state index contributed by atoms with van der Waals surface area (Å²) >= 11 is 0. The van der Waals surface area contributed by atoms with Gasteiger partial charge < -0.3 is 15.4 Å². The molecule has 0 radical (unpaired) electrons. The highest BCUT2D eigenvalue weighted by atomic mass is 16.5. The second kappa shape index (κ2) is 6.71. The Hall–Kier alpha value is -0.610. The van der Waals surface area contributed by atoms with Crippen LogP contribution in [0.3, 0.4) is 0 Å². The van der Waals surface area contributed by atoms with Crippen molar-refractivity contribution in [2.75, 3.05) is 26.3 Å². The lowest BCUT2D eigenvalue weighted by atomic mass is 9.89. The van der Waals surface area contributed by atoms with Crippen molar-refractivity contribution in [2.45, 2.75) is 45.6 Å². The van der Waals surface area contributed by atoms with Gasteiger partial charge in [-0.1, -0.05) is 13.8 Å². The van der Waals surface area contributed by atoms with Gasteiger partial charge in [-0.2, -0.15) is 0 Å². The summed E-state index contributed by atoms with van der Waals surface area (Å²) in [5.41, 5.74) is 6.24. The summed E-state index contributed by atoms with van der Waals surface area (Å²) in [6.45, 7) is 7.68. The van der Waals surface area contributed by atoms with E-state index in [4.69, 9.17) is 10.5 Å². The minimum atomic E-state index is 0.0713. The lowest BCUT2D eigenvalue weighted by Gasteiger charge is -2.27. The maximum absolute atomic E-state index is 12.2. The predicted octanol–water partition coefficient (Wildman–Crippen LogP) is 1.63. The molecule has 2 rings (SSSR count). The van der Waals surface area contributed by atoms with Crippen molar-refractivity contribution in [3.8, 4) is 0 Å². The molecule has 0 aliphatic carbocycles. The molecule has 19 heavy (non-hydrogen) atoms. The van der Waals surface area contributed by atoms with Crippen molar-refractivity contribution in [2.24, 2.45) is 23.5 Å². The number of hydrogen-bond acceptors (Lipinski definition) is 3. The number of carbonyl (C=O) groups excluding carboxylic acids is 1. The van der Waals surface area contributed by atoms with E-state index in [-0.39, 0.29) is 11.9 Å². The van der Waals surface area contributed by atoms with Crippen LogP contribution >= 0.6 is 0 Å². The molecular formula is C15H28N2O2. The Labute approximate surface area is 116 Å². The number of hydrogen-bond donors (Lipinski definition) is 1. The van der Waals surface area contributed by atoms with E-state index in [1.165, 1.54) is 0 Å². The highest BCUT2D eigenvalue weighted by molar-refractivity contribution is 5.76. The van der Waals surface area contributed by atoms with E-state index in [1.807, 2.05) is 4.90 Å². The number of carbonyl (C=O) groups is 1. The van der Waals surface area contributed by atoms with Crippen LogP contribution < -0.4 is 5.73 Å². The molecule has 2 fully saturated rings. The van der Waals surface area contributed by atoms with Gasteiger partial charge >= 0.3 is 0 Å². The van der Waals surface area contributed by atoms with Gasteiger partial charge in [0.1, 0.15) is 0 Å². The molecule has 0 aromatic carbocycles. The normalized spacial score (nSPS) is 30.7. The van der Waals surface area contributed by atoms with Crippen LogP contribution in [0.15, 0.2) is 0 Å². The molecule has 2 heterocycles. The second-order valence-corrected chi connectivity index (χ2v) is 6.46. The van der Waals surface area contributed by atoms with E-state index >= 15 is 0 Å². The summed E-state index contributed by atoms with van der Waals surface area (Å²) in [7, 11) is 0. The van der Waals surface area contributed by atoms with Crippen LogP contribution in [0.25, 0.3) is 0 Å². The summed E-state index contributed by atoms with van der Waals surface area (Å²) in [4.78, 5) is 14.2. The van der Waals surface area contributed by atoms with Crippen LogP contribution in [0.2, 0.25) is 0 Å². The highest BCUT2D eigenvalue weighted by Crippen LogP contribution is 2.26. The van der Waals surface area contributed by atoms with Crippen LogP contribution in [0.1, 0.15) is 39.5 Å². The van der Waals surface area contributed by atoms with Gasteiger partial charge in [0.15, 0.2) is 0 Å². The molecule has 3 unspecified atom stereocenters. The van der Waals surface area contributed by atoms with Gasteiger partial charge in [-0.3, -0.25) is 4.79 Å². The first-order chi connectivity index (χ1) is 9.08. The molecule has 2 saturated heterocycles. The van der Waals surface area contributed by atoms with Crippen molar-refractivity contribution in [3.05, 3.63) is 0 Å². The molecule has 110 valence electrons. The summed E-state index contributed by atoms with van der Waals surface area (Å²) in [6, 6.07) is 0.0713. The Bertz CT molecular complexity index is 301. The van der Waals surface area contributed by atoms with Crippen molar-refractivity contribution in [1.29, 1.82) is 0 Å². The zero-order chi connectivity index (χ0) is 13.8. The van der Waals surface area contributed by atoms with E-state index in [1.54, 1.807) is 0 Å². The van der Waals surface area contributed by atoms with Gasteiger partial charge in [0, 0.05) is 38.1 Å².